The van der Waals surface area contributed by atoms with Crippen molar-refractivity contribution in [2.75, 3.05) is 25.6 Å². The number of ether oxygens (including phenoxy) is 2. The summed E-state index contributed by atoms with van der Waals surface area (Å²) in [4.78, 5) is 24.9. The van der Waals surface area contributed by atoms with Gasteiger partial charge in [-0.05, 0) is 42.8 Å². The molecule has 0 saturated heterocycles. The lowest BCUT2D eigenvalue weighted by atomic mass is 10.1. The molecule has 1 atom stereocenters. The van der Waals surface area contributed by atoms with E-state index in [1.54, 1.807) is 38.3 Å². The number of nitrogens with one attached hydrogen (secondary N) is 2. The number of amides is 2. The SMILES string of the molecule is CC[C@@H](Oc1ccc(F)cc1)C(=O)Nc1ccccc1C(=O)NCCOC. The van der Waals surface area contributed by atoms with Crippen molar-refractivity contribution in [1.29, 1.82) is 0 Å². The van der Waals surface area contributed by atoms with E-state index in [1.165, 1.54) is 24.3 Å². The van der Waals surface area contributed by atoms with E-state index in [0.29, 0.717) is 36.6 Å². The monoisotopic (exact) mass is 374 g/mol. The van der Waals surface area contributed by atoms with Gasteiger partial charge >= 0.3 is 0 Å². The summed E-state index contributed by atoms with van der Waals surface area (Å²) in [6.45, 7) is 2.56. The number of para-hydroxylation sites is 1. The summed E-state index contributed by atoms with van der Waals surface area (Å²) >= 11 is 0. The molecule has 144 valence electrons. The minimum atomic E-state index is -0.778. The zero-order valence-electron chi connectivity index (χ0n) is 15.3. The van der Waals surface area contributed by atoms with Gasteiger partial charge in [0, 0.05) is 13.7 Å². The summed E-state index contributed by atoms with van der Waals surface area (Å²) in [5.41, 5.74) is 0.733. The number of carbonyl (C=O) groups excluding carboxylic acids is 2. The number of methoxy groups -OCH3 is 1. The third-order valence-electron chi connectivity index (χ3n) is 3.78. The van der Waals surface area contributed by atoms with Crippen molar-refractivity contribution in [3.8, 4) is 5.75 Å². The molecule has 2 aromatic carbocycles. The van der Waals surface area contributed by atoms with E-state index in [-0.39, 0.29) is 17.6 Å². The van der Waals surface area contributed by atoms with E-state index in [1.807, 2.05) is 0 Å². The first-order valence-corrected chi connectivity index (χ1v) is 8.64. The lowest BCUT2D eigenvalue weighted by molar-refractivity contribution is -0.122. The van der Waals surface area contributed by atoms with Crippen molar-refractivity contribution >= 4 is 17.5 Å². The van der Waals surface area contributed by atoms with Gasteiger partial charge in [-0.15, -0.1) is 0 Å². The van der Waals surface area contributed by atoms with Crippen LogP contribution in [0.3, 0.4) is 0 Å². The molecule has 0 aliphatic carbocycles. The molecule has 0 aliphatic rings. The van der Waals surface area contributed by atoms with Gasteiger partial charge in [0.1, 0.15) is 11.6 Å². The summed E-state index contributed by atoms with van der Waals surface area (Å²) in [6, 6.07) is 12.2. The maximum Gasteiger partial charge on any atom is 0.265 e. The summed E-state index contributed by atoms with van der Waals surface area (Å²) in [5, 5.41) is 5.45. The Morgan fingerprint density at radius 3 is 2.48 bits per heavy atom. The van der Waals surface area contributed by atoms with Crippen LogP contribution < -0.4 is 15.4 Å². The molecule has 0 spiro atoms. The van der Waals surface area contributed by atoms with E-state index in [9.17, 15) is 14.0 Å². The molecular weight excluding hydrogens is 351 g/mol. The Bertz CT molecular complexity index is 765. The molecule has 27 heavy (non-hydrogen) atoms. The fourth-order valence-corrected chi connectivity index (χ4v) is 2.36. The highest BCUT2D eigenvalue weighted by Gasteiger charge is 2.21. The molecule has 0 bridgehead atoms. The summed E-state index contributed by atoms with van der Waals surface area (Å²) < 4.78 is 23.5. The number of carbonyl (C=O) groups is 2. The standard InChI is InChI=1S/C20H23FN2O4/c1-3-18(27-15-10-8-14(21)9-11-15)20(25)23-17-7-5-4-6-16(17)19(24)22-12-13-26-2/h4-11,18H,3,12-13H2,1-2H3,(H,22,24)(H,23,25)/t18-/m1/s1. The average Bonchev–Trinajstić information content (AvgIpc) is 2.68. The predicted octanol–water partition coefficient (Wildman–Crippen LogP) is 3.00. The van der Waals surface area contributed by atoms with Gasteiger partial charge < -0.3 is 20.1 Å². The van der Waals surface area contributed by atoms with E-state index in [2.05, 4.69) is 10.6 Å². The molecule has 7 heteroatoms. The normalized spacial score (nSPS) is 11.5. The van der Waals surface area contributed by atoms with Gasteiger partial charge in [0.05, 0.1) is 17.9 Å². The highest BCUT2D eigenvalue weighted by molar-refractivity contribution is 6.04. The second-order valence-corrected chi connectivity index (χ2v) is 5.75. The maximum absolute atomic E-state index is 13.0. The number of rotatable bonds is 9. The molecular formula is C20H23FN2O4. The number of anilines is 1. The van der Waals surface area contributed by atoms with Crippen LogP contribution in [0.4, 0.5) is 10.1 Å². The first-order chi connectivity index (χ1) is 13.0. The van der Waals surface area contributed by atoms with Gasteiger partial charge in [-0.25, -0.2) is 4.39 Å². The van der Waals surface area contributed by atoms with Crippen LogP contribution in [0, 0.1) is 5.82 Å². The van der Waals surface area contributed by atoms with Gasteiger partial charge in [-0.3, -0.25) is 9.59 Å². The molecule has 2 amide bonds. The summed E-state index contributed by atoms with van der Waals surface area (Å²) in [5.74, 6) is -0.688. The van der Waals surface area contributed by atoms with Crippen LogP contribution in [0.15, 0.2) is 48.5 Å². The minimum Gasteiger partial charge on any atom is -0.481 e. The predicted molar refractivity (Wildman–Crippen MR) is 100 cm³/mol. The lowest BCUT2D eigenvalue weighted by Gasteiger charge is -2.18. The van der Waals surface area contributed by atoms with Crippen LogP contribution in [-0.2, 0) is 9.53 Å². The third-order valence-corrected chi connectivity index (χ3v) is 3.78. The molecule has 0 heterocycles. The van der Waals surface area contributed by atoms with Crippen LogP contribution in [-0.4, -0.2) is 38.2 Å². The fourth-order valence-electron chi connectivity index (χ4n) is 2.36. The van der Waals surface area contributed by atoms with Crippen LogP contribution in [0.25, 0.3) is 0 Å². The van der Waals surface area contributed by atoms with Crippen molar-refractivity contribution < 1.29 is 23.5 Å². The van der Waals surface area contributed by atoms with Crippen LogP contribution in [0.5, 0.6) is 5.75 Å². The smallest absolute Gasteiger partial charge is 0.265 e. The Morgan fingerprint density at radius 1 is 1.11 bits per heavy atom. The Hall–Kier alpha value is -2.93. The van der Waals surface area contributed by atoms with E-state index in [4.69, 9.17) is 9.47 Å². The van der Waals surface area contributed by atoms with Crippen molar-refractivity contribution in [2.24, 2.45) is 0 Å². The van der Waals surface area contributed by atoms with Gasteiger partial charge in [0.15, 0.2) is 6.10 Å². The lowest BCUT2D eigenvalue weighted by Crippen LogP contribution is -2.34. The number of hydrogen-bond donors (Lipinski definition) is 2. The van der Waals surface area contributed by atoms with Gasteiger partial charge in [-0.1, -0.05) is 19.1 Å². The quantitative estimate of drug-likeness (QED) is 0.662. The molecule has 6 nitrogen and oxygen atoms in total. The van der Waals surface area contributed by atoms with E-state index < -0.39 is 6.10 Å². The largest absolute Gasteiger partial charge is 0.481 e. The van der Waals surface area contributed by atoms with E-state index in [0.717, 1.165) is 0 Å². The third kappa shape index (κ3) is 6.07. The molecule has 0 aliphatic heterocycles. The molecule has 2 N–H and O–H groups in total. The molecule has 2 rings (SSSR count). The first kappa shape index (κ1) is 20.4. The highest BCUT2D eigenvalue weighted by Crippen LogP contribution is 2.18. The van der Waals surface area contributed by atoms with Crippen molar-refractivity contribution in [1.82, 2.24) is 5.32 Å². The fraction of sp³-hybridized carbons (Fsp3) is 0.300. The average molecular weight is 374 g/mol. The van der Waals surface area contributed by atoms with Crippen LogP contribution in [0.1, 0.15) is 23.7 Å². The Kier molecular flexibility index (Phi) is 7.76. The van der Waals surface area contributed by atoms with Gasteiger partial charge in [-0.2, -0.15) is 0 Å². The molecule has 0 saturated carbocycles. The van der Waals surface area contributed by atoms with Crippen molar-refractivity contribution in [2.45, 2.75) is 19.4 Å². The Balaban J connectivity index is 2.07. The maximum atomic E-state index is 13.0. The zero-order chi connectivity index (χ0) is 19.6. The minimum absolute atomic E-state index is 0.310. The van der Waals surface area contributed by atoms with Crippen LogP contribution >= 0.6 is 0 Å². The van der Waals surface area contributed by atoms with Gasteiger partial charge in [0.2, 0.25) is 0 Å². The van der Waals surface area contributed by atoms with Crippen molar-refractivity contribution in [3.05, 3.63) is 59.9 Å². The summed E-state index contributed by atoms with van der Waals surface area (Å²) in [6.07, 6.45) is -0.370. The number of hydrogen-bond acceptors (Lipinski definition) is 4. The molecule has 0 fully saturated rings. The topological polar surface area (TPSA) is 76.7 Å². The molecule has 0 unspecified atom stereocenters. The first-order valence-electron chi connectivity index (χ1n) is 8.64. The second-order valence-electron chi connectivity index (χ2n) is 5.75. The van der Waals surface area contributed by atoms with Crippen molar-refractivity contribution in [3.63, 3.8) is 0 Å². The van der Waals surface area contributed by atoms with Gasteiger partial charge in [0.25, 0.3) is 11.8 Å². The summed E-state index contributed by atoms with van der Waals surface area (Å²) in [7, 11) is 1.55. The highest BCUT2D eigenvalue weighted by atomic mass is 19.1. The number of benzene rings is 2. The second kappa shape index (κ2) is 10.3. The Morgan fingerprint density at radius 2 is 1.81 bits per heavy atom. The molecule has 0 radical (unpaired) electrons. The number of halogens is 1. The molecule has 0 aromatic heterocycles. The Labute approximate surface area is 157 Å². The van der Waals surface area contributed by atoms with E-state index >= 15 is 0 Å². The zero-order valence-corrected chi connectivity index (χ0v) is 15.3. The van der Waals surface area contributed by atoms with Crippen LogP contribution in [0.2, 0.25) is 0 Å². The molecule has 2 aromatic rings.